The summed E-state index contributed by atoms with van der Waals surface area (Å²) in [4.78, 5) is 0. The van der Waals surface area contributed by atoms with Crippen LogP contribution in [-0.4, -0.2) is 12.7 Å². The Morgan fingerprint density at radius 1 is 1.60 bits per heavy atom. The standard InChI is InChI=1S/C8H11ClO/c1-3-4-5-8(2)6-10-7-9/h3-5H,1-2,6-7H2/b5-4-. The van der Waals surface area contributed by atoms with Crippen LogP contribution in [0.1, 0.15) is 0 Å². The fraction of sp³-hybridized carbons (Fsp3) is 0.250. The maximum absolute atomic E-state index is 5.27. The second-order valence-corrected chi connectivity index (χ2v) is 1.93. The highest BCUT2D eigenvalue weighted by molar-refractivity contribution is 6.17. The molecule has 0 bridgehead atoms. The van der Waals surface area contributed by atoms with Crippen LogP contribution in [0.4, 0.5) is 0 Å². The highest BCUT2D eigenvalue weighted by atomic mass is 35.5. The molecule has 0 N–H and O–H groups in total. The van der Waals surface area contributed by atoms with Gasteiger partial charge in [-0.25, -0.2) is 0 Å². The van der Waals surface area contributed by atoms with Crippen LogP contribution in [0.5, 0.6) is 0 Å². The van der Waals surface area contributed by atoms with E-state index in [1.54, 1.807) is 12.2 Å². The topological polar surface area (TPSA) is 9.23 Å². The van der Waals surface area contributed by atoms with Gasteiger partial charge in [-0.05, 0) is 5.57 Å². The van der Waals surface area contributed by atoms with Crippen molar-refractivity contribution in [3.8, 4) is 0 Å². The van der Waals surface area contributed by atoms with Crippen molar-refractivity contribution in [3.05, 3.63) is 37.0 Å². The fourth-order valence-electron chi connectivity index (χ4n) is 0.422. The van der Waals surface area contributed by atoms with Gasteiger partial charge < -0.3 is 4.74 Å². The van der Waals surface area contributed by atoms with Crippen LogP contribution in [0.25, 0.3) is 0 Å². The van der Waals surface area contributed by atoms with Crippen LogP contribution in [0.3, 0.4) is 0 Å². The van der Waals surface area contributed by atoms with Gasteiger partial charge in [0.05, 0.1) is 6.61 Å². The van der Waals surface area contributed by atoms with E-state index in [1.165, 1.54) is 0 Å². The lowest BCUT2D eigenvalue weighted by atomic mass is 10.3. The quantitative estimate of drug-likeness (QED) is 0.441. The summed E-state index contributed by atoms with van der Waals surface area (Å²) in [6.07, 6.45) is 5.32. The molecule has 0 spiro atoms. The van der Waals surface area contributed by atoms with E-state index in [0.29, 0.717) is 6.61 Å². The average molecular weight is 159 g/mol. The van der Waals surface area contributed by atoms with Gasteiger partial charge in [0.1, 0.15) is 6.07 Å². The van der Waals surface area contributed by atoms with Gasteiger partial charge in [-0.3, -0.25) is 0 Å². The van der Waals surface area contributed by atoms with Crippen molar-refractivity contribution in [2.24, 2.45) is 0 Å². The van der Waals surface area contributed by atoms with Gasteiger partial charge in [0.15, 0.2) is 0 Å². The van der Waals surface area contributed by atoms with Gasteiger partial charge in [-0.2, -0.15) is 0 Å². The average Bonchev–Trinajstić information content (AvgIpc) is 1.97. The molecule has 10 heavy (non-hydrogen) atoms. The summed E-state index contributed by atoms with van der Waals surface area (Å²) in [5, 5.41) is 0. The van der Waals surface area contributed by atoms with Gasteiger partial charge in [-0.15, -0.1) is 0 Å². The Morgan fingerprint density at radius 2 is 2.30 bits per heavy atom. The lowest BCUT2D eigenvalue weighted by Gasteiger charge is -1.96. The monoisotopic (exact) mass is 158 g/mol. The van der Waals surface area contributed by atoms with Crippen LogP contribution < -0.4 is 0 Å². The second-order valence-electron chi connectivity index (χ2n) is 1.71. The van der Waals surface area contributed by atoms with Crippen LogP contribution >= 0.6 is 11.6 Å². The minimum absolute atomic E-state index is 0.209. The van der Waals surface area contributed by atoms with Crippen molar-refractivity contribution < 1.29 is 4.74 Å². The predicted octanol–water partition coefficient (Wildman–Crippen LogP) is 2.50. The first kappa shape index (κ1) is 9.47. The molecule has 0 radical (unpaired) electrons. The van der Waals surface area contributed by atoms with Crippen molar-refractivity contribution >= 4 is 11.6 Å². The molecule has 0 saturated heterocycles. The number of halogens is 1. The first-order chi connectivity index (χ1) is 4.81. The Kier molecular flexibility index (Phi) is 6.24. The van der Waals surface area contributed by atoms with Crippen molar-refractivity contribution in [2.75, 3.05) is 12.7 Å². The number of hydrogen-bond donors (Lipinski definition) is 0. The molecule has 0 aliphatic heterocycles. The van der Waals surface area contributed by atoms with Crippen molar-refractivity contribution in [3.63, 3.8) is 0 Å². The summed E-state index contributed by atoms with van der Waals surface area (Å²) in [5.74, 6) is 0. The van der Waals surface area contributed by atoms with E-state index in [1.807, 2.05) is 6.08 Å². The first-order valence-corrected chi connectivity index (χ1v) is 3.45. The lowest BCUT2D eigenvalue weighted by molar-refractivity contribution is 0.207. The van der Waals surface area contributed by atoms with Crippen LogP contribution in [0.2, 0.25) is 0 Å². The van der Waals surface area contributed by atoms with Gasteiger partial charge in [0.25, 0.3) is 0 Å². The summed E-state index contributed by atoms with van der Waals surface area (Å²) < 4.78 is 4.87. The third kappa shape index (κ3) is 5.60. The van der Waals surface area contributed by atoms with E-state index in [2.05, 4.69) is 13.2 Å². The molecular formula is C8H11ClO. The summed E-state index contributed by atoms with van der Waals surface area (Å²) in [7, 11) is 0. The SMILES string of the molecule is C=C/C=C\C(=C)COCCl. The van der Waals surface area contributed by atoms with Gasteiger partial charge in [0.2, 0.25) is 0 Å². The van der Waals surface area contributed by atoms with E-state index < -0.39 is 0 Å². The largest absolute Gasteiger partial charge is 0.361 e. The van der Waals surface area contributed by atoms with E-state index in [4.69, 9.17) is 16.3 Å². The third-order valence-electron chi connectivity index (χ3n) is 0.833. The highest BCUT2D eigenvalue weighted by Gasteiger charge is 1.85. The molecule has 0 atom stereocenters. The Balaban J connectivity index is 3.43. The summed E-state index contributed by atoms with van der Waals surface area (Å²) >= 11 is 5.27. The molecule has 0 aromatic rings. The van der Waals surface area contributed by atoms with E-state index in [0.717, 1.165) is 5.57 Å². The molecule has 0 rings (SSSR count). The molecule has 2 heteroatoms. The van der Waals surface area contributed by atoms with E-state index in [9.17, 15) is 0 Å². The maximum Gasteiger partial charge on any atom is 0.121 e. The molecule has 0 heterocycles. The van der Waals surface area contributed by atoms with Crippen molar-refractivity contribution in [2.45, 2.75) is 0 Å². The van der Waals surface area contributed by atoms with Gasteiger partial charge in [0, 0.05) is 0 Å². The Morgan fingerprint density at radius 3 is 2.80 bits per heavy atom. The minimum atomic E-state index is 0.209. The number of hydrogen-bond acceptors (Lipinski definition) is 1. The predicted molar refractivity (Wildman–Crippen MR) is 45.1 cm³/mol. The summed E-state index contributed by atoms with van der Waals surface area (Å²) in [6.45, 7) is 7.71. The zero-order valence-electron chi connectivity index (χ0n) is 5.85. The zero-order valence-corrected chi connectivity index (χ0v) is 6.60. The number of alkyl halides is 1. The zero-order chi connectivity index (χ0) is 7.82. The summed E-state index contributed by atoms with van der Waals surface area (Å²) in [5.41, 5.74) is 0.889. The van der Waals surface area contributed by atoms with Crippen molar-refractivity contribution in [1.82, 2.24) is 0 Å². The van der Waals surface area contributed by atoms with Crippen LogP contribution in [-0.2, 0) is 4.74 Å². The number of allylic oxidation sites excluding steroid dienone is 2. The smallest absolute Gasteiger partial charge is 0.121 e. The first-order valence-electron chi connectivity index (χ1n) is 2.92. The molecule has 0 aromatic carbocycles. The molecule has 1 nitrogen and oxygen atoms in total. The fourth-order valence-corrected chi connectivity index (χ4v) is 0.499. The second kappa shape index (κ2) is 6.59. The molecular weight excluding hydrogens is 148 g/mol. The third-order valence-corrected chi connectivity index (χ3v) is 0.987. The van der Waals surface area contributed by atoms with Gasteiger partial charge in [-0.1, -0.05) is 43.0 Å². The Labute approximate surface area is 66.6 Å². The molecule has 0 aliphatic rings. The van der Waals surface area contributed by atoms with E-state index >= 15 is 0 Å². The van der Waals surface area contributed by atoms with Crippen LogP contribution in [0.15, 0.2) is 37.0 Å². The van der Waals surface area contributed by atoms with E-state index in [-0.39, 0.29) is 6.07 Å². The maximum atomic E-state index is 5.27. The normalized spacial score (nSPS) is 10.1. The number of rotatable bonds is 5. The Hall–Kier alpha value is -0.530. The molecule has 56 valence electrons. The summed E-state index contributed by atoms with van der Waals surface area (Å²) in [6, 6.07) is 0.209. The molecule has 0 fully saturated rings. The number of ether oxygens (including phenoxy) is 1. The molecule has 0 aliphatic carbocycles. The Bertz CT molecular complexity index is 138. The minimum Gasteiger partial charge on any atom is -0.361 e. The highest BCUT2D eigenvalue weighted by Crippen LogP contribution is 1.94. The van der Waals surface area contributed by atoms with Crippen molar-refractivity contribution in [1.29, 1.82) is 0 Å². The molecule has 0 amide bonds. The molecule has 0 unspecified atom stereocenters. The molecule has 0 aromatic heterocycles. The lowest BCUT2D eigenvalue weighted by Crippen LogP contribution is -1.91. The van der Waals surface area contributed by atoms with Gasteiger partial charge >= 0.3 is 0 Å². The molecule has 0 saturated carbocycles. The van der Waals surface area contributed by atoms with Crippen LogP contribution in [0, 0.1) is 0 Å².